The van der Waals surface area contributed by atoms with Crippen LogP contribution in [0.4, 0.5) is 0 Å². The second-order valence-electron chi connectivity index (χ2n) is 6.30. The van der Waals surface area contributed by atoms with Gasteiger partial charge >= 0.3 is 0 Å². The van der Waals surface area contributed by atoms with Crippen LogP contribution in [0.2, 0.25) is 0 Å². The van der Waals surface area contributed by atoms with Crippen molar-refractivity contribution in [3.05, 3.63) is 35.4 Å². The molecule has 0 aromatic heterocycles. The van der Waals surface area contributed by atoms with E-state index >= 15 is 0 Å². The van der Waals surface area contributed by atoms with E-state index in [0.717, 1.165) is 26.1 Å². The van der Waals surface area contributed by atoms with Crippen LogP contribution >= 0.6 is 12.4 Å². The minimum Gasteiger partial charge on any atom is -0.356 e. The summed E-state index contributed by atoms with van der Waals surface area (Å²) in [6.07, 6.45) is 3.99. The number of hydrogen-bond acceptors (Lipinski definition) is 2. The average molecular weight is 325 g/mol. The third kappa shape index (κ3) is 5.98. The van der Waals surface area contributed by atoms with Crippen molar-refractivity contribution in [3.8, 4) is 0 Å². The molecule has 124 valence electrons. The Morgan fingerprint density at radius 3 is 2.68 bits per heavy atom. The summed E-state index contributed by atoms with van der Waals surface area (Å²) in [7, 11) is 0. The zero-order valence-electron chi connectivity index (χ0n) is 13.7. The lowest BCUT2D eigenvalue weighted by Crippen LogP contribution is -2.34. The first kappa shape index (κ1) is 19.0. The first-order chi connectivity index (χ1) is 10.2. The minimum absolute atomic E-state index is 0. The maximum atomic E-state index is 12.0. The number of hydrogen-bond donors (Lipinski definition) is 2. The fourth-order valence-electron chi connectivity index (χ4n) is 3.17. The van der Waals surface area contributed by atoms with Gasteiger partial charge in [-0.25, -0.2) is 0 Å². The monoisotopic (exact) mass is 324 g/mol. The van der Waals surface area contributed by atoms with E-state index in [-0.39, 0.29) is 18.3 Å². The smallest absolute Gasteiger partial charge is 0.220 e. The van der Waals surface area contributed by atoms with E-state index in [4.69, 9.17) is 0 Å². The van der Waals surface area contributed by atoms with Gasteiger partial charge in [-0.2, -0.15) is 0 Å². The van der Waals surface area contributed by atoms with Crippen LogP contribution in [0.5, 0.6) is 0 Å². The Labute approximate surface area is 140 Å². The highest BCUT2D eigenvalue weighted by molar-refractivity contribution is 5.85. The molecule has 1 atom stereocenters. The third-order valence-electron chi connectivity index (χ3n) is 4.67. The maximum absolute atomic E-state index is 12.0. The normalized spacial score (nSPS) is 16.6. The molecule has 2 rings (SSSR count). The first-order valence-electron chi connectivity index (χ1n) is 8.18. The molecule has 1 aromatic rings. The summed E-state index contributed by atoms with van der Waals surface area (Å²) in [4.78, 5) is 12.0. The number of carbonyl (C=O) groups is 1. The van der Waals surface area contributed by atoms with E-state index in [1.165, 1.54) is 24.0 Å². The van der Waals surface area contributed by atoms with Crippen molar-refractivity contribution in [1.82, 2.24) is 10.6 Å². The molecule has 1 aromatic carbocycles. The van der Waals surface area contributed by atoms with Gasteiger partial charge in [0.1, 0.15) is 0 Å². The van der Waals surface area contributed by atoms with Crippen LogP contribution in [-0.2, 0) is 11.2 Å². The molecule has 1 unspecified atom stereocenters. The van der Waals surface area contributed by atoms with E-state index in [2.05, 4.69) is 48.7 Å². The van der Waals surface area contributed by atoms with Crippen molar-refractivity contribution in [3.63, 3.8) is 0 Å². The molecule has 1 fully saturated rings. The van der Waals surface area contributed by atoms with Crippen LogP contribution in [0.1, 0.15) is 37.3 Å². The number of rotatable bonds is 6. The van der Waals surface area contributed by atoms with E-state index in [1.807, 2.05) is 0 Å². The van der Waals surface area contributed by atoms with Crippen molar-refractivity contribution in [1.29, 1.82) is 0 Å². The zero-order valence-corrected chi connectivity index (χ0v) is 14.5. The van der Waals surface area contributed by atoms with Gasteiger partial charge in [-0.15, -0.1) is 12.4 Å². The Morgan fingerprint density at radius 1 is 1.32 bits per heavy atom. The molecule has 2 N–H and O–H groups in total. The summed E-state index contributed by atoms with van der Waals surface area (Å²) < 4.78 is 0. The van der Waals surface area contributed by atoms with Gasteiger partial charge in [0.05, 0.1) is 0 Å². The first-order valence-corrected chi connectivity index (χ1v) is 8.18. The van der Waals surface area contributed by atoms with Gasteiger partial charge in [0.2, 0.25) is 5.91 Å². The molecule has 0 saturated carbocycles. The standard InChI is InChI=1S/C18H28N2O.ClH/c1-14-5-3-4-6-16(14)9-12-20-18(21)13-15(2)17-7-10-19-11-8-17;/h3-6,15,17,19H,7-13H2,1-2H3,(H,20,21);1H. The van der Waals surface area contributed by atoms with Gasteiger partial charge in [-0.1, -0.05) is 31.2 Å². The molecular weight excluding hydrogens is 296 g/mol. The minimum atomic E-state index is 0. The molecule has 1 amide bonds. The quantitative estimate of drug-likeness (QED) is 0.844. The summed E-state index contributed by atoms with van der Waals surface area (Å²) in [5.74, 6) is 1.40. The lowest BCUT2D eigenvalue weighted by molar-refractivity contribution is -0.122. The average Bonchev–Trinajstić information content (AvgIpc) is 2.50. The van der Waals surface area contributed by atoms with Gasteiger partial charge in [0.15, 0.2) is 0 Å². The van der Waals surface area contributed by atoms with Crippen molar-refractivity contribution in [2.45, 2.75) is 39.5 Å². The van der Waals surface area contributed by atoms with Gasteiger partial charge in [-0.05, 0) is 62.2 Å². The summed E-state index contributed by atoms with van der Waals surface area (Å²) >= 11 is 0. The molecule has 4 heteroatoms. The predicted octanol–water partition coefficient (Wildman–Crippen LogP) is 3.10. The van der Waals surface area contributed by atoms with Gasteiger partial charge in [0.25, 0.3) is 0 Å². The topological polar surface area (TPSA) is 41.1 Å². The molecule has 1 aliphatic heterocycles. The molecule has 0 aliphatic carbocycles. The highest BCUT2D eigenvalue weighted by Gasteiger charge is 2.21. The van der Waals surface area contributed by atoms with Crippen molar-refractivity contribution in [2.24, 2.45) is 11.8 Å². The van der Waals surface area contributed by atoms with Crippen LogP contribution in [0.3, 0.4) is 0 Å². The SMILES string of the molecule is Cc1ccccc1CCNC(=O)CC(C)C1CCNCC1.Cl. The highest BCUT2D eigenvalue weighted by atomic mass is 35.5. The largest absolute Gasteiger partial charge is 0.356 e. The molecule has 22 heavy (non-hydrogen) atoms. The number of carbonyl (C=O) groups excluding carboxylic acids is 1. The zero-order chi connectivity index (χ0) is 15.1. The van der Waals surface area contributed by atoms with E-state index in [9.17, 15) is 4.79 Å². The predicted molar refractivity (Wildman–Crippen MR) is 94.5 cm³/mol. The maximum Gasteiger partial charge on any atom is 0.220 e. The van der Waals surface area contributed by atoms with Crippen molar-refractivity contribution < 1.29 is 4.79 Å². The lowest BCUT2D eigenvalue weighted by atomic mass is 9.84. The van der Waals surface area contributed by atoms with Gasteiger partial charge in [-0.3, -0.25) is 4.79 Å². The van der Waals surface area contributed by atoms with Gasteiger partial charge in [0, 0.05) is 13.0 Å². The summed E-state index contributed by atoms with van der Waals surface area (Å²) in [5, 5.41) is 6.45. The summed E-state index contributed by atoms with van der Waals surface area (Å²) in [5.41, 5.74) is 2.62. The number of nitrogens with one attached hydrogen (secondary N) is 2. The molecular formula is C18H29ClN2O. The lowest BCUT2D eigenvalue weighted by Gasteiger charge is -2.27. The second-order valence-corrected chi connectivity index (χ2v) is 6.30. The number of piperidine rings is 1. The molecule has 0 bridgehead atoms. The molecule has 1 heterocycles. The van der Waals surface area contributed by atoms with Crippen LogP contribution in [0.15, 0.2) is 24.3 Å². The molecule has 0 radical (unpaired) electrons. The number of benzene rings is 1. The second kappa shape index (κ2) is 9.86. The third-order valence-corrected chi connectivity index (χ3v) is 4.67. The summed E-state index contributed by atoms with van der Waals surface area (Å²) in [6, 6.07) is 8.37. The summed E-state index contributed by atoms with van der Waals surface area (Å²) in [6.45, 7) is 7.28. The Balaban J connectivity index is 0.00000242. The van der Waals surface area contributed by atoms with Gasteiger partial charge < -0.3 is 10.6 Å². The van der Waals surface area contributed by atoms with Crippen LogP contribution < -0.4 is 10.6 Å². The van der Waals surface area contributed by atoms with Crippen molar-refractivity contribution >= 4 is 18.3 Å². The fraction of sp³-hybridized carbons (Fsp3) is 0.611. The van der Waals surface area contributed by atoms with Crippen LogP contribution in [-0.4, -0.2) is 25.5 Å². The molecule has 1 saturated heterocycles. The van der Waals surface area contributed by atoms with E-state index in [0.29, 0.717) is 18.3 Å². The van der Waals surface area contributed by atoms with Crippen molar-refractivity contribution in [2.75, 3.05) is 19.6 Å². The Bertz CT molecular complexity index is 458. The fourth-order valence-corrected chi connectivity index (χ4v) is 3.17. The molecule has 0 spiro atoms. The number of halogens is 1. The highest BCUT2D eigenvalue weighted by Crippen LogP contribution is 2.24. The Kier molecular flexibility index (Phi) is 8.51. The van der Waals surface area contributed by atoms with Crippen LogP contribution in [0, 0.1) is 18.8 Å². The number of amides is 1. The number of aryl methyl sites for hydroxylation is 1. The molecule has 1 aliphatic rings. The van der Waals surface area contributed by atoms with E-state index < -0.39 is 0 Å². The Hall–Kier alpha value is -1.06. The Morgan fingerprint density at radius 2 is 2.00 bits per heavy atom. The van der Waals surface area contributed by atoms with Crippen LogP contribution in [0.25, 0.3) is 0 Å². The van der Waals surface area contributed by atoms with E-state index in [1.54, 1.807) is 0 Å². The molecule has 3 nitrogen and oxygen atoms in total.